The summed E-state index contributed by atoms with van der Waals surface area (Å²) in [7, 11) is 0. The monoisotopic (exact) mass is 267 g/mol. The lowest BCUT2D eigenvalue weighted by atomic mass is 10.0. The Balaban J connectivity index is 0.000000722. The van der Waals surface area contributed by atoms with Gasteiger partial charge in [-0.1, -0.05) is 30.3 Å². The van der Waals surface area contributed by atoms with Gasteiger partial charge in [0.25, 0.3) is 0 Å². The van der Waals surface area contributed by atoms with Gasteiger partial charge in [-0.05, 0) is 22.9 Å². The zero-order valence-corrected chi connectivity index (χ0v) is 10.5. The minimum absolute atomic E-state index is 0. The fourth-order valence-corrected chi connectivity index (χ4v) is 1.94. The van der Waals surface area contributed by atoms with Gasteiger partial charge in [0.2, 0.25) is 0 Å². The summed E-state index contributed by atoms with van der Waals surface area (Å²) in [5.41, 5.74) is 1.73. The van der Waals surface area contributed by atoms with Crippen molar-refractivity contribution in [1.29, 1.82) is 0 Å². The third-order valence-corrected chi connectivity index (χ3v) is 2.64. The Morgan fingerprint density at radius 2 is 1.65 bits per heavy atom. The lowest BCUT2D eigenvalue weighted by molar-refractivity contribution is 1.33. The van der Waals surface area contributed by atoms with Crippen LogP contribution in [-0.2, 0) is 0 Å². The second kappa shape index (κ2) is 5.21. The minimum Gasteiger partial charge on any atom is -0.360 e. The molecule has 0 fully saturated rings. The molecule has 4 heteroatoms. The topological polar surface area (TPSA) is 32.9 Å². The Bertz CT molecular complexity index is 663. The van der Waals surface area contributed by atoms with Crippen LogP contribution in [0.4, 0.5) is 0 Å². The van der Waals surface area contributed by atoms with E-state index in [1.807, 2.05) is 36.5 Å². The molecule has 1 aromatic carbocycles. The molecule has 0 bridgehead atoms. The second-order valence-corrected chi connectivity index (χ2v) is 3.55. The predicted molar refractivity (Wildman–Crippen MR) is 75.7 cm³/mol. The van der Waals surface area contributed by atoms with Gasteiger partial charge in [0.05, 0.1) is 5.56 Å². The highest BCUT2D eigenvalue weighted by molar-refractivity contribution is 5.95. The van der Waals surface area contributed by atoms with Crippen LogP contribution in [0.3, 0.4) is 0 Å². The normalized spacial score (nSPS) is 9.65. The number of fused-ring (bicyclic) bond motifs is 3. The largest absolute Gasteiger partial charge is 0.360 e. The first-order chi connectivity index (χ1) is 7.36. The molecule has 0 atom stereocenters. The Morgan fingerprint density at radius 3 is 2.47 bits per heavy atom. The standard InChI is InChI=1S/C13H9NO.2ClH/c15-12-7-3-6-11-13(12)10-5-2-1-4-9(10)8-14-11;;/h1-8,14H;2*1H. The zero-order valence-electron chi connectivity index (χ0n) is 8.84. The molecule has 1 aliphatic carbocycles. The summed E-state index contributed by atoms with van der Waals surface area (Å²) < 4.78 is 0. The molecule has 1 aliphatic heterocycles. The van der Waals surface area contributed by atoms with E-state index in [0.29, 0.717) is 0 Å². The SMILES string of the molecule is Cl.Cl.O=c1cccc2[nH]cc3ccccc3c1-2. The molecule has 2 nitrogen and oxygen atoms in total. The predicted octanol–water partition coefficient (Wildman–Crippen LogP) is 3.48. The highest BCUT2D eigenvalue weighted by Gasteiger charge is 2.08. The van der Waals surface area contributed by atoms with Gasteiger partial charge in [0.15, 0.2) is 5.43 Å². The summed E-state index contributed by atoms with van der Waals surface area (Å²) in [6.07, 6.45) is 1.93. The maximum Gasteiger partial charge on any atom is 0.188 e. The average molecular weight is 268 g/mol. The molecular weight excluding hydrogens is 257 g/mol. The van der Waals surface area contributed by atoms with E-state index >= 15 is 0 Å². The van der Waals surface area contributed by atoms with Crippen LogP contribution in [0.15, 0.2) is 53.5 Å². The van der Waals surface area contributed by atoms with E-state index in [2.05, 4.69) is 4.98 Å². The second-order valence-electron chi connectivity index (χ2n) is 3.55. The van der Waals surface area contributed by atoms with Gasteiger partial charge in [-0.2, -0.15) is 0 Å². The number of benzene rings is 2. The summed E-state index contributed by atoms with van der Waals surface area (Å²) >= 11 is 0. The number of pyridine rings is 1. The van der Waals surface area contributed by atoms with Crippen LogP contribution in [0.2, 0.25) is 0 Å². The van der Waals surface area contributed by atoms with Crippen LogP contribution >= 0.6 is 24.8 Å². The molecule has 0 spiro atoms. The summed E-state index contributed by atoms with van der Waals surface area (Å²) in [4.78, 5) is 14.9. The lowest BCUT2D eigenvalue weighted by Crippen LogP contribution is -2.05. The fourth-order valence-electron chi connectivity index (χ4n) is 1.94. The molecule has 1 N–H and O–H groups in total. The van der Waals surface area contributed by atoms with Crippen LogP contribution in [0.5, 0.6) is 0 Å². The molecule has 0 unspecified atom stereocenters. The Labute approximate surface area is 111 Å². The fraction of sp³-hybridized carbons (Fsp3) is 0. The smallest absolute Gasteiger partial charge is 0.188 e. The minimum atomic E-state index is 0. The summed E-state index contributed by atoms with van der Waals surface area (Å²) in [5.74, 6) is 0. The molecule has 1 heterocycles. The van der Waals surface area contributed by atoms with Crippen molar-refractivity contribution in [2.24, 2.45) is 0 Å². The van der Waals surface area contributed by atoms with Crippen LogP contribution < -0.4 is 5.43 Å². The number of aromatic nitrogens is 1. The molecule has 17 heavy (non-hydrogen) atoms. The van der Waals surface area contributed by atoms with E-state index in [0.717, 1.165) is 22.0 Å². The summed E-state index contributed by atoms with van der Waals surface area (Å²) in [6, 6.07) is 13.2. The van der Waals surface area contributed by atoms with Crippen molar-refractivity contribution in [3.05, 3.63) is 58.9 Å². The first kappa shape index (κ1) is 13.6. The van der Waals surface area contributed by atoms with Gasteiger partial charge in [-0.25, -0.2) is 0 Å². The average Bonchev–Trinajstić information content (AvgIpc) is 2.29. The van der Waals surface area contributed by atoms with E-state index in [4.69, 9.17) is 0 Å². The van der Waals surface area contributed by atoms with E-state index < -0.39 is 0 Å². The maximum atomic E-state index is 11.8. The summed E-state index contributed by atoms with van der Waals surface area (Å²) in [5, 5.41) is 2.07. The van der Waals surface area contributed by atoms with Crippen LogP contribution in [0.25, 0.3) is 22.0 Å². The van der Waals surface area contributed by atoms with Crippen LogP contribution in [0, 0.1) is 0 Å². The van der Waals surface area contributed by atoms with Crippen molar-refractivity contribution in [2.75, 3.05) is 0 Å². The van der Waals surface area contributed by atoms with E-state index in [9.17, 15) is 4.79 Å². The highest BCUT2D eigenvalue weighted by atomic mass is 35.5. The van der Waals surface area contributed by atoms with Gasteiger partial charge < -0.3 is 4.98 Å². The number of halogens is 2. The van der Waals surface area contributed by atoms with E-state index in [1.165, 1.54) is 0 Å². The van der Waals surface area contributed by atoms with E-state index in [-0.39, 0.29) is 30.2 Å². The van der Waals surface area contributed by atoms with Crippen molar-refractivity contribution in [1.82, 2.24) is 4.98 Å². The number of nitrogens with one attached hydrogen (secondary N) is 1. The molecule has 0 radical (unpaired) electrons. The first-order valence-corrected chi connectivity index (χ1v) is 4.85. The molecule has 1 aromatic rings. The molecule has 0 aromatic heterocycles. The van der Waals surface area contributed by atoms with Gasteiger partial charge in [0.1, 0.15) is 0 Å². The van der Waals surface area contributed by atoms with Crippen molar-refractivity contribution in [3.63, 3.8) is 0 Å². The van der Waals surface area contributed by atoms with Gasteiger partial charge in [-0.3, -0.25) is 4.79 Å². The Morgan fingerprint density at radius 1 is 0.882 bits per heavy atom. The summed E-state index contributed by atoms with van der Waals surface area (Å²) in [6.45, 7) is 0. The van der Waals surface area contributed by atoms with Crippen LogP contribution in [-0.4, -0.2) is 4.98 Å². The molecular formula is C13H11Cl2NO. The van der Waals surface area contributed by atoms with Crippen molar-refractivity contribution in [2.45, 2.75) is 0 Å². The number of rotatable bonds is 0. The third-order valence-electron chi connectivity index (χ3n) is 2.64. The van der Waals surface area contributed by atoms with Gasteiger partial charge in [-0.15, -0.1) is 24.8 Å². The molecule has 88 valence electrons. The Kier molecular flexibility index (Phi) is 4.16. The van der Waals surface area contributed by atoms with Crippen molar-refractivity contribution in [3.8, 4) is 11.3 Å². The van der Waals surface area contributed by atoms with Crippen molar-refractivity contribution < 1.29 is 0 Å². The molecule has 0 amide bonds. The number of hydrogen-bond acceptors (Lipinski definition) is 1. The number of H-pyrrole nitrogens is 1. The molecule has 3 rings (SSSR count). The zero-order chi connectivity index (χ0) is 10.3. The highest BCUT2D eigenvalue weighted by Crippen LogP contribution is 2.24. The molecule has 0 saturated heterocycles. The lowest BCUT2D eigenvalue weighted by Gasteiger charge is -2.07. The van der Waals surface area contributed by atoms with Crippen molar-refractivity contribution >= 4 is 35.6 Å². The van der Waals surface area contributed by atoms with Gasteiger partial charge >= 0.3 is 0 Å². The molecule has 2 aliphatic rings. The number of aromatic amines is 1. The quantitative estimate of drug-likeness (QED) is 0.622. The van der Waals surface area contributed by atoms with Crippen LogP contribution in [0.1, 0.15) is 0 Å². The molecule has 0 saturated carbocycles. The van der Waals surface area contributed by atoms with Gasteiger partial charge in [0, 0.05) is 11.9 Å². The van der Waals surface area contributed by atoms with E-state index in [1.54, 1.807) is 12.1 Å². The Hall–Kier alpha value is -1.51. The number of hydrogen-bond donors (Lipinski definition) is 1. The maximum absolute atomic E-state index is 11.8. The third kappa shape index (κ3) is 2.14. The first-order valence-electron chi connectivity index (χ1n) is 4.85.